The fourth-order valence-corrected chi connectivity index (χ4v) is 3.24. The molecule has 142 valence electrons. The van der Waals surface area contributed by atoms with Crippen LogP contribution in [0.5, 0.6) is 11.5 Å². The Balaban J connectivity index is 1.71. The number of hydrogen-bond acceptors (Lipinski definition) is 7. The topological polar surface area (TPSA) is 96.0 Å². The number of ether oxygens (including phenoxy) is 3. The van der Waals surface area contributed by atoms with Crippen molar-refractivity contribution in [2.75, 3.05) is 26.1 Å². The summed E-state index contributed by atoms with van der Waals surface area (Å²) in [6.07, 6.45) is 1.01. The fourth-order valence-electron chi connectivity index (χ4n) is 2.40. The maximum Gasteiger partial charge on any atom is 0.340 e. The van der Waals surface area contributed by atoms with Gasteiger partial charge in [-0.3, -0.25) is 4.79 Å². The molecule has 0 bridgehead atoms. The third-order valence-electron chi connectivity index (χ3n) is 3.78. The Bertz CT molecular complexity index is 1010. The lowest BCUT2D eigenvalue weighted by atomic mass is 10.1. The standard InChI is InChI=1S/C18H15ClO7S/c1-27(22,23)12-3-4-14(19)13(9-12)18(21)26-10-15(20)11-2-5-16-17(8-11)25-7-6-24-16/h2-5,8-9H,6-7,10H2,1H3. The van der Waals surface area contributed by atoms with Crippen molar-refractivity contribution < 1.29 is 32.2 Å². The quantitative estimate of drug-likeness (QED) is 0.552. The Morgan fingerprint density at radius 1 is 1.07 bits per heavy atom. The molecule has 0 spiro atoms. The number of ketones is 1. The zero-order valence-electron chi connectivity index (χ0n) is 14.2. The van der Waals surface area contributed by atoms with Crippen molar-refractivity contribution in [1.29, 1.82) is 0 Å². The third kappa shape index (κ3) is 4.40. The SMILES string of the molecule is CS(=O)(=O)c1ccc(Cl)c(C(=O)OCC(=O)c2ccc3c(c2)OCCO3)c1. The van der Waals surface area contributed by atoms with Crippen molar-refractivity contribution in [3.8, 4) is 11.5 Å². The first kappa shape index (κ1) is 19.2. The van der Waals surface area contributed by atoms with E-state index in [0.29, 0.717) is 30.3 Å². The lowest BCUT2D eigenvalue weighted by molar-refractivity contribution is 0.0474. The minimum atomic E-state index is -3.52. The van der Waals surface area contributed by atoms with Gasteiger partial charge in [-0.05, 0) is 36.4 Å². The molecule has 3 rings (SSSR count). The summed E-state index contributed by atoms with van der Waals surface area (Å²) < 4.78 is 39.0. The molecule has 0 radical (unpaired) electrons. The van der Waals surface area contributed by atoms with Crippen molar-refractivity contribution in [2.24, 2.45) is 0 Å². The summed E-state index contributed by atoms with van der Waals surface area (Å²) in [6, 6.07) is 8.36. The molecule has 0 unspecified atom stereocenters. The lowest BCUT2D eigenvalue weighted by Gasteiger charge is -2.18. The number of esters is 1. The van der Waals surface area contributed by atoms with E-state index in [2.05, 4.69) is 0 Å². The molecule has 7 nitrogen and oxygen atoms in total. The molecule has 2 aromatic carbocycles. The Labute approximate surface area is 160 Å². The highest BCUT2D eigenvalue weighted by Gasteiger charge is 2.19. The normalized spacial score (nSPS) is 13.1. The lowest BCUT2D eigenvalue weighted by Crippen LogP contribution is -2.17. The van der Waals surface area contributed by atoms with Gasteiger partial charge in [-0.25, -0.2) is 13.2 Å². The van der Waals surface area contributed by atoms with Crippen LogP contribution < -0.4 is 9.47 Å². The van der Waals surface area contributed by atoms with Crippen molar-refractivity contribution in [3.63, 3.8) is 0 Å². The molecule has 0 N–H and O–H groups in total. The molecule has 0 atom stereocenters. The molecule has 27 heavy (non-hydrogen) atoms. The van der Waals surface area contributed by atoms with Crippen LogP contribution in [-0.2, 0) is 14.6 Å². The predicted octanol–water partition coefficient (Wildman–Crippen LogP) is 2.55. The van der Waals surface area contributed by atoms with Gasteiger partial charge < -0.3 is 14.2 Å². The molecule has 1 aliphatic heterocycles. The minimum absolute atomic E-state index is 0.0270. The number of hydrogen-bond donors (Lipinski definition) is 0. The van der Waals surface area contributed by atoms with Crippen LogP contribution in [0.4, 0.5) is 0 Å². The molecule has 0 aromatic heterocycles. The molecule has 2 aromatic rings. The second-order valence-corrected chi connectivity index (χ2v) is 8.19. The Hall–Kier alpha value is -2.58. The average molecular weight is 411 g/mol. The molecule has 1 heterocycles. The molecule has 0 fully saturated rings. The highest BCUT2D eigenvalue weighted by Crippen LogP contribution is 2.31. The number of carbonyl (C=O) groups excluding carboxylic acids is 2. The first-order valence-corrected chi connectivity index (χ1v) is 10.1. The van der Waals surface area contributed by atoms with Crippen LogP contribution in [0.2, 0.25) is 5.02 Å². The van der Waals surface area contributed by atoms with Crippen LogP contribution in [0, 0.1) is 0 Å². The van der Waals surface area contributed by atoms with Gasteiger partial charge in [0, 0.05) is 11.8 Å². The summed E-state index contributed by atoms with van der Waals surface area (Å²) in [6.45, 7) is 0.290. The maximum atomic E-state index is 12.3. The van der Waals surface area contributed by atoms with E-state index in [1.807, 2.05) is 0 Å². The first-order chi connectivity index (χ1) is 12.8. The maximum absolute atomic E-state index is 12.3. The number of sulfone groups is 1. The van der Waals surface area contributed by atoms with Crippen LogP contribution in [0.1, 0.15) is 20.7 Å². The van der Waals surface area contributed by atoms with Gasteiger partial charge in [0.2, 0.25) is 0 Å². The van der Waals surface area contributed by atoms with Gasteiger partial charge in [-0.15, -0.1) is 0 Å². The van der Waals surface area contributed by atoms with E-state index < -0.39 is 28.2 Å². The zero-order chi connectivity index (χ0) is 19.6. The summed E-state index contributed by atoms with van der Waals surface area (Å²) in [7, 11) is -3.52. The van der Waals surface area contributed by atoms with E-state index in [4.69, 9.17) is 25.8 Å². The van der Waals surface area contributed by atoms with E-state index in [-0.39, 0.29) is 15.5 Å². The second kappa shape index (κ2) is 7.58. The van der Waals surface area contributed by atoms with Gasteiger partial charge in [-0.2, -0.15) is 0 Å². The molecule has 1 aliphatic rings. The van der Waals surface area contributed by atoms with Gasteiger partial charge in [-0.1, -0.05) is 11.6 Å². The second-order valence-electron chi connectivity index (χ2n) is 5.77. The Morgan fingerprint density at radius 2 is 1.78 bits per heavy atom. The molecule has 0 saturated carbocycles. The number of Topliss-reactive ketones (excluding diaryl/α,β-unsaturated/α-hetero) is 1. The summed E-state index contributed by atoms with van der Waals surface area (Å²) in [4.78, 5) is 24.4. The molecule has 0 amide bonds. The summed E-state index contributed by atoms with van der Waals surface area (Å²) in [5.41, 5.74) is 0.164. The number of carbonyl (C=O) groups is 2. The van der Waals surface area contributed by atoms with E-state index in [1.165, 1.54) is 18.2 Å². The first-order valence-electron chi connectivity index (χ1n) is 7.85. The van der Waals surface area contributed by atoms with Crippen molar-refractivity contribution in [3.05, 3.63) is 52.5 Å². The molecule has 9 heteroatoms. The van der Waals surface area contributed by atoms with Crippen molar-refractivity contribution in [2.45, 2.75) is 4.90 Å². The van der Waals surface area contributed by atoms with E-state index >= 15 is 0 Å². The molecule has 0 saturated heterocycles. The van der Waals surface area contributed by atoms with Gasteiger partial charge in [0.05, 0.1) is 15.5 Å². The van der Waals surface area contributed by atoms with E-state index in [1.54, 1.807) is 12.1 Å². The third-order valence-corrected chi connectivity index (χ3v) is 5.22. The molecular formula is C18H15ClO7S. The van der Waals surface area contributed by atoms with Crippen LogP contribution in [0.3, 0.4) is 0 Å². The number of halogens is 1. The van der Waals surface area contributed by atoms with Crippen LogP contribution in [0.25, 0.3) is 0 Å². The monoisotopic (exact) mass is 410 g/mol. The smallest absolute Gasteiger partial charge is 0.340 e. The van der Waals surface area contributed by atoms with Crippen LogP contribution in [0.15, 0.2) is 41.3 Å². The predicted molar refractivity (Wildman–Crippen MR) is 96.6 cm³/mol. The Kier molecular flexibility index (Phi) is 5.38. The number of rotatable bonds is 5. The van der Waals surface area contributed by atoms with Crippen molar-refractivity contribution >= 4 is 33.2 Å². The summed E-state index contributed by atoms with van der Waals surface area (Å²) >= 11 is 5.94. The van der Waals surface area contributed by atoms with Gasteiger partial charge in [0.25, 0.3) is 0 Å². The number of fused-ring (bicyclic) bond motifs is 1. The zero-order valence-corrected chi connectivity index (χ0v) is 15.8. The average Bonchev–Trinajstić information content (AvgIpc) is 2.64. The highest BCUT2D eigenvalue weighted by atomic mass is 35.5. The van der Waals surface area contributed by atoms with Gasteiger partial charge in [0.1, 0.15) is 13.2 Å². The summed E-state index contributed by atoms with van der Waals surface area (Å²) in [5, 5.41) is 0.0270. The van der Waals surface area contributed by atoms with Gasteiger partial charge in [0.15, 0.2) is 33.7 Å². The van der Waals surface area contributed by atoms with Crippen molar-refractivity contribution in [1.82, 2.24) is 0 Å². The van der Waals surface area contributed by atoms with Crippen LogP contribution >= 0.6 is 11.6 Å². The molecule has 0 aliphatic carbocycles. The summed E-state index contributed by atoms with van der Waals surface area (Å²) in [5.74, 6) is -0.353. The molecular weight excluding hydrogens is 396 g/mol. The van der Waals surface area contributed by atoms with Crippen LogP contribution in [-0.4, -0.2) is 46.2 Å². The van der Waals surface area contributed by atoms with Gasteiger partial charge >= 0.3 is 5.97 Å². The Morgan fingerprint density at radius 3 is 2.48 bits per heavy atom. The highest BCUT2D eigenvalue weighted by molar-refractivity contribution is 7.90. The fraction of sp³-hybridized carbons (Fsp3) is 0.222. The number of benzene rings is 2. The largest absolute Gasteiger partial charge is 0.486 e. The minimum Gasteiger partial charge on any atom is -0.486 e. The van der Waals surface area contributed by atoms with E-state index in [0.717, 1.165) is 12.3 Å². The van der Waals surface area contributed by atoms with E-state index in [9.17, 15) is 18.0 Å².